The maximum atomic E-state index is 12.9. The van der Waals surface area contributed by atoms with E-state index >= 15 is 0 Å². The summed E-state index contributed by atoms with van der Waals surface area (Å²) in [4.78, 5) is 20.4. The molecule has 3 aromatic rings. The maximum absolute atomic E-state index is 12.9. The van der Waals surface area contributed by atoms with Gasteiger partial charge in [0.25, 0.3) is 0 Å². The Balaban J connectivity index is 1.24. The van der Waals surface area contributed by atoms with E-state index in [0.29, 0.717) is 61.5 Å². The molecule has 0 aliphatic carbocycles. The highest BCUT2D eigenvalue weighted by Gasteiger charge is 2.32. The van der Waals surface area contributed by atoms with E-state index in [2.05, 4.69) is 9.88 Å². The van der Waals surface area contributed by atoms with Crippen LogP contribution in [0.5, 0.6) is 5.75 Å². The molecule has 5 nitrogen and oxygen atoms in total. The second-order valence-electron chi connectivity index (χ2n) is 8.48. The summed E-state index contributed by atoms with van der Waals surface area (Å²) in [6.45, 7) is 3.77. The Hall–Kier alpha value is -3.07. The van der Waals surface area contributed by atoms with Crippen LogP contribution in [-0.4, -0.2) is 55.0 Å². The monoisotopic (exact) mass is 549 g/mol. The average molecular weight is 550 g/mol. The number of ether oxygens (including phenoxy) is 1. The van der Waals surface area contributed by atoms with Crippen LogP contribution in [0.15, 0.2) is 66.9 Å². The van der Waals surface area contributed by atoms with Crippen molar-refractivity contribution in [2.45, 2.75) is 6.18 Å². The van der Waals surface area contributed by atoms with E-state index in [1.54, 1.807) is 30.3 Å². The van der Waals surface area contributed by atoms with E-state index in [4.69, 9.17) is 27.9 Å². The summed E-state index contributed by atoms with van der Waals surface area (Å²) in [5, 5.41) is 0.572. The van der Waals surface area contributed by atoms with Gasteiger partial charge < -0.3 is 9.64 Å². The zero-order valence-electron chi connectivity index (χ0n) is 19.7. The van der Waals surface area contributed by atoms with Gasteiger partial charge >= 0.3 is 6.18 Å². The number of nitrogens with zero attached hydrogens (tertiary/aromatic N) is 3. The Morgan fingerprint density at radius 3 is 2.43 bits per heavy atom. The Morgan fingerprint density at radius 1 is 1.03 bits per heavy atom. The molecule has 1 saturated heterocycles. The first kappa shape index (κ1) is 27.0. The lowest BCUT2D eigenvalue weighted by Gasteiger charge is -2.35. The van der Waals surface area contributed by atoms with Crippen molar-refractivity contribution in [3.63, 3.8) is 0 Å². The van der Waals surface area contributed by atoms with Crippen molar-refractivity contribution in [1.29, 1.82) is 0 Å². The van der Waals surface area contributed by atoms with Gasteiger partial charge in [-0.05, 0) is 54.1 Å². The number of halogens is 5. The fraction of sp³-hybridized carbons (Fsp3) is 0.259. The van der Waals surface area contributed by atoms with Crippen LogP contribution in [0.25, 0.3) is 6.08 Å². The van der Waals surface area contributed by atoms with E-state index in [0.717, 1.165) is 17.8 Å². The standard InChI is InChI=1S/C27H24Cl2F3N3O2/c28-22-7-5-20(6-8-22)25(36)9-4-19-2-1-3-23(16-19)37-15-14-34-10-12-35(13-11-34)26-24(29)17-21(18-33-26)27(30,31)32/h1-9,16-18H,10-15H2/b9-4-. The SMILES string of the molecule is O=C(/C=C\c1cccc(OCCN2CCN(c3ncc(C(F)(F)F)cc3Cl)CC2)c1)c1ccc(Cl)cc1. The van der Waals surface area contributed by atoms with Crippen LogP contribution >= 0.6 is 23.2 Å². The largest absolute Gasteiger partial charge is 0.492 e. The summed E-state index contributed by atoms with van der Waals surface area (Å²) in [6.07, 6.45) is -0.403. The Kier molecular flexibility index (Phi) is 8.74. The van der Waals surface area contributed by atoms with Crippen LogP contribution in [0.4, 0.5) is 19.0 Å². The van der Waals surface area contributed by atoms with Crippen LogP contribution in [0.2, 0.25) is 10.0 Å². The highest BCUT2D eigenvalue weighted by Crippen LogP contribution is 2.33. The van der Waals surface area contributed by atoms with Crippen molar-refractivity contribution < 1.29 is 22.7 Å². The van der Waals surface area contributed by atoms with E-state index in [1.807, 2.05) is 29.2 Å². The van der Waals surface area contributed by atoms with Gasteiger partial charge in [-0.3, -0.25) is 9.69 Å². The van der Waals surface area contributed by atoms with Gasteiger partial charge in [0.05, 0.1) is 10.6 Å². The van der Waals surface area contributed by atoms with Crippen LogP contribution in [0.1, 0.15) is 21.5 Å². The molecule has 2 aromatic carbocycles. The van der Waals surface area contributed by atoms with Gasteiger partial charge in [-0.1, -0.05) is 41.4 Å². The highest BCUT2D eigenvalue weighted by molar-refractivity contribution is 6.33. The summed E-state index contributed by atoms with van der Waals surface area (Å²) in [5.74, 6) is 0.945. The molecule has 194 valence electrons. The minimum absolute atomic E-state index is 0.00425. The Bertz CT molecular complexity index is 1260. The van der Waals surface area contributed by atoms with Crippen molar-refractivity contribution in [3.8, 4) is 5.75 Å². The number of carbonyl (C=O) groups excluding carboxylic acids is 1. The fourth-order valence-electron chi connectivity index (χ4n) is 3.88. The molecule has 4 rings (SSSR count). The molecule has 0 unspecified atom stereocenters. The van der Waals surface area contributed by atoms with E-state index in [-0.39, 0.29) is 10.8 Å². The summed E-state index contributed by atoms with van der Waals surface area (Å²) < 4.78 is 44.5. The summed E-state index contributed by atoms with van der Waals surface area (Å²) in [6, 6.07) is 15.1. The average Bonchev–Trinajstić information content (AvgIpc) is 2.88. The molecule has 1 fully saturated rings. The van der Waals surface area contributed by atoms with Crippen molar-refractivity contribution in [2.75, 3.05) is 44.2 Å². The molecule has 1 aromatic heterocycles. The second-order valence-corrected chi connectivity index (χ2v) is 9.32. The van der Waals surface area contributed by atoms with E-state index in [9.17, 15) is 18.0 Å². The smallest absolute Gasteiger partial charge is 0.417 e. The zero-order valence-corrected chi connectivity index (χ0v) is 21.2. The molecule has 0 bridgehead atoms. The molecule has 0 spiro atoms. The predicted molar refractivity (Wildman–Crippen MR) is 140 cm³/mol. The van der Waals surface area contributed by atoms with Gasteiger partial charge in [-0.25, -0.2) is 4.98 Å². The predicted octanol–water partition coefficient (Wildman–Crippen LogP) is 6.50. The van der Waals surface area contributed by atoms with Crippen LogP contribution < -0.4 is 9.64 Å². The van der Waals surface area contributed by atoms with E-state index in [1.165, 1.54) is 6.08 Å². The van der Waals surface area contributed by atoms with Crippen molar-refractivity contribution in [2.24, 2.45) is 0 Å². The van der Waals surface area contributed by atoms with Gasteiger partial charge in [0, 0.05) is 49.5 Å². The van der Waals surface area contributed by atoms with Crippen LogP contribution in [0, 0.1) is 0 Å². The third-order valence-electron chi connectivity index (χ3n) is 5.91. The third kappa shape index (κ3) is 7.47. The number of benzene rings is 2. The lowest BCUT2D eigenvalue weighted by atomic mass is 10.1. The van der Waals surface area contributed by atoms with Crippen molar-refractivity contribution in [3.05, 3.63) is 93.6 Å². The molecule has 0 amide bonds. The van der Waals surface area contributed by atoms with Crippen molar-refractivity contribution in [1.82, 2.24) is 9.88 Å². The first-order valence-corrected chi connectivity index (χ1v) is 12.4. The van der Waals surface area contributed by atoms with Gasteiger partial charge in [0.2, 0.25) is 0 Å². The molecule has 2 heterocycles. The lowest BCUT2D eigenvalue weighted by molar-refractivity contribution is -0.137. The molecular formula is C27H24Cl2F3N3O2. The van der Waals surface area contributed by atoms with Crippen molar-refractivity contribution >= 4 is 40.9 Å². The number of piperazine rings is 1. The molecule has 0 saturated carbocycles. The lowest BCUT2D eigenvalue weighted by Crippen LogP contribution is -2.47. The highest BCUT2D eigenvalue weighted by atomic mass is 35.5. The number of carbonyl (C=O) groups is 1. The topological polar surface area (TPSA) is 45.7 Å². The number of allylic oxidation sites excluding steroid dienone is 1. The Labute approximate surface area is 223 Å². The van der Waals surface area contributed by atoms with E-state index < -0.39 is 11.7 Å². The maximum Gasteiger partial charge on any atom is 0.417 e. The number of hydrogen-bond donors (Lipinski definition) is 0. The van der Waals surface area contributed by atoms with Crippen LogP contribution in [-0.2, 0) is 6.18 Å². The van der Waals surface area contributed by atoms with Gasteiger partial charge in [0.15, 0.2) is 5.78 Å². The summed E-state index contributed by atoms with van der Waals surface area (Å²) in [5.41, 5.74) is 0.545. The number of hydrogen-bond acceptors (Lipinski definition) is 5. The molecule has 37 heavy (non-hydrogen) atoms. The van der Waals surface area contributed by atoms with Gasteiger partial charge in [-0.2, -0.15) is 13.2 Å². The fourth-order valence-corrected chi connectivity index (χ4v) is 4.30. The second kappa shape index (κ2) is 12.0. The number of ketones is 1. The first-order valence-electron chi connectivity index (χ1n) is 11.6. The normalized spacial score (nSPS) is 14.8. The molecule has 0 radical (unpaired) electrons. The summed E-state index contributed by atoms with van der Waals surface area (Å²) in [7, 11) is 0. The molecule has 10 heteroatoms. The van der Waals surface area contributed by atoms with Gasteiger partial charge in [0.1, 0.15) is 18.2 Å². The molecule has 1 aliphatic heterocycles. The number of rotatable bonds is 8. The number of alkyl halides is 3. The first-order chi connectivity index (χ1) is 17.7. The number of anilines is 1. The van der Waals surface area contributed by atoms with Crippen LogP contribution in [0.3, 0.4) is 0 Å². The molecule has 0 N–H and O–H groups in total. The minimum Gasteiger partial charge on any atom is -0.492 e. The third-order valence-corrected chi connectivity index (χ3v) is 6.44. The molecule has 1 aliphatic rings. The number of aromatic nitrogens is 1. The summed E-state index contributed by atoms with van der Waals surface area (Å²) >= 11 is 11.9. The Morgan fingerprint density at radius 2 is 1.76 bits per heavy atom. The number of pyridine rings is 1. The minimum atomic E-state index is -4.47. The van der Waals surface area contributed by atoms with Gasteiger partial charge in [-0.15, -0.1) is 0 Å². The zero-order chi connectivity index (χ0) is 26.4. The molecular weight excluding hydrogens is 526 g/mol. The quantitative estimate of drug-likeness (QED) is 0.237. The molecule has 0 atom stereocenters.